The fourth-order valence-corrected chi connectivity index (χ4v) is 3.57. The molecule has 136 valence electrons. The molecule has 26 heavy (non-hydrogen) atoms. The second kappa shape index (κ2) is 6.01. The molecule has 9 nitrogen and oxygen atoms in total. The summed E-state index contributed by atoms with van der Waals surface area (Å²) in [5.41, 5.74) is 4.09. The summed E-state index contributed by atoms with van der Waals surface area (Å²) in [7, 11) is -4.31. The zero-order valence-corrected chi connectivity index (χ0v) is 13.8. The summed E-state index contributed by atoms with van der Waals surface area (Å²) in [5, 5.41) is 12.5. The Morgan fingerprint density at radius 1 is 1.15 bits per heavy atom. The molecule has 2 heterocycles. The summed E-state index contributed by atoms with van der Waals surface area (Å²) in [4.78, 5) is 6.60. The average molecular weight is 385 g/mol. The number of H-pyrrole nitrogens is 1. The van der Waals surface area contributed by atoms with Crippen LogP contribution in [-0.4, -0.2) is 45.3 Å². The highest BCUT2D eigenvalue weighted by molar-refractivity contribution is 7.91. The number of aromatic amines is 1. The summed E-state index contributed by atoms with van der Waals surface area (Å²) >= 11 is 0. The van der Waals surface area contributed by atoms with Crippen molar-refractivity contribution >= 4 is 15.8 Å². The molecule has 0 bridgehead atoms. The van der Waals surface area contributed by atoms with Crippen molar-refractivity contribution in [1.29, 1.82) is 0 Å². The summed E-state index contributed by atoms with van der Waals surface area (Å²) in [5.74, 6) is -0.296. The monoisotopic (exact) mass is 385 g/mol. The first-order valence-electron chi connectivity index (χ1n) is 6.85. The lowest BCUT2D eigenvalue weighted by atomic mass is 9.98. The average Bonchev–Trinajstić information content (AvgIpc) is 3.06. The molecule has 0 radical (unpaired) electrons. The Kier molecular flexibility index (Phi) is 4.10. The molecule has 0 aliphatic rings. The number of sulfone groups is 1. The van der Waals surface area contributed by atoms with Gasteiger partial charge in [0.05, 0.1) is 10.5 Å². The van der Waals surface area contributed by atoms with E-state index >= 15 is 0 Å². The molecule has 0 spiro atoms. The maximum Gasteiger partial charge on any atom is 0.417 e. The van der Waals surface area contributed by atoms with Gasteiger partial charge >= 0.3 is 6.18 Å². The first-order chi connectivity index (χ1) is 12.1. The Labute approximate surface area is 144 Å². The van der Waals surface area contributed by atoms with E-state index < -0.39 is 26.5 Å². The minimum atomic E-state index is -4.91. The molecule has 13 heteroatoms. The van der Waals surface area contributed by atoms with Crippen LogP contribution in [0.2, 0.25) is 0 Å². The summed E-state index contributed by atoms with van der Waals surface area (Å²) in [6.07, 6.45) is -1.72. The summed E-state index contributed by atoms with van der Waals surface area (Å²) in [6, 6.07) is 1.78. The van der Waals surface area contributed by atoms with Crippen molar-refractivity contribution in [2.75, 3.05) is 12.0 Å². The SMILES string of the molecule is CS(=O)(=O)c1c(C(F)(F)F)ccc(-c2cnc(N)nc2)c1-c1nnn[nH]1. The molecule has 3 rings (SSSR count). The molecule has 0 saturated carbocycles. The first-order valence-corrected chi connectivity index (χ1v) is 8.74. The Morgan fingerprint density at radius 2 is 1.81 bits per heavy atom. The maximum atomic E-state index is 13.4. The van der Waals surface area contributed by atoms with Gasteiger partial charge in [-0.25, -0.2) is 23.5 Å². The lowest BCUT2D eigenvalue weighted by Gasteiger charge is -2.17. The molecule has 0 fully saturated rings. The number of alkyl halides is 3. The quantitative estimate of drug-likeness (QED) is 0.688. The van der Waals surface area contributed by atoms with Crippen LogP contribution in [0.5, 0.6) is 0 Å². The van der Waals surface area contributed by atoms with Gasteiger partial charge in [0.15, 0.2) is 15.7 Å². The molecule has 0 saturated heterocycles. The van der Waals surface area contributed by atoms with E-state index in [1.807, 2.05) is 0 Å². The van der Waals surface area contributed by atoms with Crippen LogP contribution in [0.15, 0.2) is 29.4 Å². The van der Waals surface area contributed by atoms with Crippen molar-refractivity contribution in [2.24, 2.45) is 0 Å². The van der Waals surface area contributed by atoms with Crippen molar-refractivity contribution in [2.45, 2.75) is 11.1 Å². The van der Waals surface area contributed by atoms with Gasteiger partial charge in [-0.3, -0.25) is 0 Å². The van der Waals surface area contributed by atoms with E-state index in [1.165, 1.54) is 12.4 Å². The molecule has 0 atom stereocenters. The van der Waals surface area contributed by atoms with E-state index in [9.17, 15) is 21.6 Å². The van der Waals surface area contributed by atoms with Gasteiger partial charge < -0.3 is 5.73 Å². The number of hydrogen-bond acceptors (Lipinski definition) is 8. The number of tetrazole rings is 1. The van der Waals surface area contributed by atoms with Gasteiger partial charge in [-0.05, 0) is 22.1 Å². The standard InChI is InChI=1S/C13H10F3N7O2S/c1-26(24,25)10-8(13(14,15)16)3-2-7(6-4-18-12(17)19-5-6)9(10)11-20-22-23-21-11/h2-5H,1H3,(H2,17,18,19)(H,20,21,22,23). The van der Waals surface area contributed by atoms with E-state index in [1.54, 1.807) is 0 Å². The zero-order chi connectivity index (χ0) is 19.1. The molecule has 3 aromatic rings. The van der Waals surface area contributed by atoms with E-state index in [0.717, 1.165) is 6.07 Å². The molecule has 0 amide bonds. The molecule has 0 unspecified atom stereocenters. The van der Waals surface area contributed by atoms with E-state index in [2.05, 4.69) is 30.6 Å². The maximum absolute atomic E-state index is 13.4. The number of nitrogens with two attached hydrogens (primary N) is 1. The number of nitrogens with one attached hydrogen (secondary N) is 1. The minimum Gasteiger partial charge on any atom is -0.368 e. The number of aromatic nitrogens is 6. The van der Waals surface area contributed by atoms with Crippen molar-refractivity contribution < 1.29 is 21.6 Å². The van der Waals surface area contributed by atoms with Gasteiger partial charge in [0.2, 0.25) is 5.95 Å². The van der Waals surface area contributed by atoms with Crippen molar-refractivity contribution in [3.63, 3.8) is 0 Å². The molecule has 3 N–H and O–H groups in total. The third-order valence-corrected chi connectivity index (χ3v) is 4.56. The highest BCUT2D eigenvalue weighted by atomic mass is 32.2. The Morgan fingerprint density at radius 3 is 2.31 bits per heavy atom. The summed E-state index contributed by atoms with van der Waals surface area (Å²) < 4.78 is 64.7. The third-order valence-electron chi connectivity index (χ3n) is 3.40. The predicted molar refractivity (Wildman–Crippen MR) is 83.2 cm³/mol. The molecule has 1 aromatic carbocycles. The fourth-order valence-electron chi connectivity index (χ4n) is 2.41. The Balaban J connectivity index is 2.46. The van der Waals surface area contributed by atoms with Gasteiger partial charge in [0.25, 0.3) is 0 Å². The van der Waals surface area contributed by atoms with Crippen LogP contribution in [0, 0.1) is 0 Å². The van der Waals surface area contributed by atoms with Crippen molar-refractivity contribution in [1.82, 2.24) is 30.6 Å². The summed E-state index contributed by atoms with van der Waals surface area (Å²) in [6.45, 7) is 0. The zero-order valence-electron chi connectivity index (χ0n) is 13.0. The number of anilines is 1. The van der Waals surface area contributed by atoms with E-state index in [-0.39, 0.29) is 28.5 Å². The van der Waals surface area contributed by atoms with E-state index in [0.29, 0.717) is 12.3 Å². The van der Waals surface area contributed by atoms with Gasteiger partial charge in [0.1, 0.15) is 0 Å². The second-order valence-electron chi connectivity index (χ2n) is 5.21. The van der Waals surface area contributed by atoms with Crippen LogP contribution < -0.4 is 5.73 Å². The number of hydrogen-bond donors (Lipinski definition) is 2. The number of nitrogens with zero attached hydrogens (tertiary/aromatic N) is 5. The largest absolute Gasteiger partial charge is 0.417 e. The van der Waals surface area contributed by atoms with Crippen molar-refractivity contribution in [3.05, 3.63) is 30.1 Å². The number of rotatable bonds is 3. The van der Waals surface area contributed by atoms with Crippen LogP contribution in [0.25, 0.3) is 22.5 Å². The molecular weight excluding hydrogens is 375 g/mol. The van der Waals surface area contributed by atoms with Gasteiger partial charge in [-0.1, -0.05) is 6.07 Å². The van der Waals surface area contributed by atoms with Gasteiger partial charge in [0, 0.05) is 29.8 Å². The Hall–Kier alpha value is -3.09. The molecule has 2 aromatic heterocycles. The van der Waals surface area contributed by atoms with Crippen molar-refractivity contribution in [3.8, 4) is 22.5 Å². The second-order valence-corrected chi connectivity index (χ2v) is 7.17. The first kappa shape index (κ1) is 17.7. The molecular formula is C13H10F3N7O2S. The normalized spacial score (nSPS) is 12.3. The highest BCUT2D eigenvalue weighted by Crippen LogP contribution is 2.42. The smallest absolute Gasteiger partial charge is 0.368 e. The number of halogens is 3. The molecule has 0 aliphatic heterocycles. The number of nitrogen functional groups attached to an aromatic ring is 1. The third kappa shape index (κ3) is 3.20. The predicted octanol–water partition coefficient (Wildman–Crippen LogP) is 1.33. The number of benzene rings is 1. The van der Waals surface area contributed by atoms with Crippen LogP contribution in [0.1, 0.15) is 5.56 Å². The van der Waals surface area contributed by atoms with Gasteiger partial charge in [-0.15, -0.1) is 5.10 Å². The van der Waals surface area contributed by atoms with Crippen LogP contribution in [-0.2, 0) is 16.0 Å². The van der Waals surface area contributed by atoms with Crippen LogP contribution >= 0.6 is 0 Å². The lowest BCUT2D eigenvalue weighted by molar-refractivity contribution is -0.139. The Bertz CT molecular complexity index is 1050. The fraction of sp³-hybridized carbons (Fsp3) is 0.154. The lowest BCUT2D eigenvalue weighted by Crippen LogP contribution is -2.15. The van der Waals surface area contributed by atoms with Crippen LogP contribution in [0.4, 0.5) is 19.1 Å². The highest BCUT2D eigenvalue weighted by Gasteiger charge is 2.39. The van der Waals surface area contributed by atoms with Gasteiger partial charge in [-0.2, -0.15) is 13.2 Å². The minimum absolute atomic E-state index is 0.0492. The molecule has 0 aliphatic carbocycles. The van der Waals surface area contributed by atoms with E-state index in [4.69, 9.17) is 5.73 Å². The van der Waals surface area contributed by atoms with Crippen LogP contribution in [0.3, 0.4) is 0 Å². The topological polar surface area (TPSA) is 140 Å².